The van der Waals surface area contributed by atoms with Crippen LogP contribution in [0.25, 0.3) is 0 Å². The van der Waals surface area contributed by atoms with Gasteiger partial charge in [-0.3, -0.25) is 4.79 Å². The quantitative estimate of drug-likeness (QED) is 0.540. The molecule has 1 amide bonds. The van der Waals surface area contributed by atoms with Crippen molar-refractivity contribution < 1.29 is 24.1 Å². The normalized spacial score (nSPS) is 25.3. The van der Waals surface area contributed by atoms with Crippen LogP contribution in [-0.2, 0) is 15.9 Å². The molecule has 9 heteroatoms. The van der Waals surface area contributed by atoms with Crippen molar-refractivity contribution in [3.05, 3.63) is 22.2 Å². The lowest BCUT2D eigenvalue weighted by molar-refractivity contribution is -0.148. The monoisotopic (exact) mass is 453 g/mol. The fourth-order valence-corrected chi connectivity index (χ4v) is 4.89. The van der Waals surface area contributed by atoms with E-state index < -0.39 is 11.9 Å². The molecule has 2 atom stereocenters. The Bertz CT molecular complexity index is 815. The first kappa shape index (κ1) is 22.6. The minimum absolute atomic E-state index is 0.0115. The number of amides is 1. The van der Waals surface area contributed by atoms with E-state index in [-0.39, 0.29) is 11.8 Å². The number of hydrogen-bond donors (Lipinski definition) is 3. The highest BCUT2D eigenvalue weighted by Gasteiger charge is 2.32. The summed E-state index contributed by atoms with van der Waals surface area (Å²) in [5.74, 6) is -0.175. The molecule has 0 bridgehead atoms. The van der Waals surface area contributed by atoms with Crippen molar-refractivity contribution in [3.8, 4) is 5.75 Å². The van der Waals surface area contributed by atoms with Gasteiger partial charge in [-0.1, -0.05) is 11.6 Å². The van der Waals surface area contributed by atoms with Crippen molar-refractivity contribution in [2.45, 2.75) is 44.5 Å². The van der Waals surface area contributed by atoms with Crippen LogP contribution in [0.3, 0.4) is 0 Å². The van der Waals surface area contributed by atoms with Gasteiger partial charge < -0.3 is 35.3 Å². The molecule has 0 aliphatic carbocycles. The molecule has 3 heterocycles. The summed E-state index contributed by atoms with van der Waals surface area (Å²) in [5.41, 5.74) is 7.69. The van der Waals surface area contributed by atoms with Crippen molar-refractivity contribution in [3.63, 3.8) is 0 Å². The third-order valence-electron chi connectivity index (χ3n) is 6.55. The highest BCUT2D eigenvalue weighted by atomic mass is 35.5. The predicted molar refractivity (Wildman–Crippen MR) is 117 cm³/mol. The van der Waals surface area contributed by atoms with Crippen molar-refractivity contribution in [2.75, 3.05) is 51.7 Å². The average molecular weight is 454 g/mol. The van der Waals surface area contributed by atoms with Gasteiger partial charge in [0.05, 0.1) is 42.2 Å². The zero-order chi connectivity index (χ0) is 22.0. The Labute approximate surface area is 188 Å². The molecule has 2 fully saturated rings. The number of carbonyl (C=O) groups is 1. The Morgan fingerprint density at radius 2 is 2.16 bits per heavy atom. The number of hydrogen-bond acceptors (Lipinski definition) is 7. The number of halogens is 1. The van der Waals surface area contributed by atoms with Crippen LogP contribution in [0.5, 0.6) is 5.75 Å². The first-order chi connectivity index (χ1) is 14.9. The minimum Gasteiger partial charge on any atom is -0.492 e. The standard InChI is InChI=1S/C22H32ClN3O5/c1-22(30-9-10-31-22)5-2-6-26-7-3-14(18(27)13-26)12-25-21(28)16-11-17(23)19(24)15-4-8-29-20(15)16/h11,14,18,27H,2-10,12-13,24H2,1H3,(H,25,28). The van der Waals surface area contributed by atoms with E-state index in [2.05, 4.69) is 10.2 Å². The second-order valence-corrected chi connectivity index (χ2v) is 9.19. The third-order valence-corrected chi connectivity index (χ3v) is 6.86. The molecule has 3 aliphatic rings. The molecule has 1 aromatic carbocycles. The summed E-state index contributed by atoms with van der Waals surface area (Å²) in [6.07, 6.45) is 2.78. The van der Waals surface area contributed by atoms with E-state index in [1.165, 1.54) is 0 Å². The number of benzene rings is 1. The van der Waals surface area contributed by atoms with E-state index >= 15 is 0 Å². The summed E-state index contributed by atoms with van der Waals surface area (Å²) in [6.45, 7) is 6.59. The van der Waals surface area contributed by atoms with E-state index in [0.717, 1.165) is 37.9 Å². The summed E-state index contributed by atoms with van der Waals surface area (Å²) in [5, 5.41) is 13.9. The Morgan fingerprint density at radius 3 is 2.90 bits per heavy atom. The van der Waals surface area contributed by atoms with Crippen LogP contribution in [0.15, 0.2) is 6.07 Å². The Morgan fingerprint density at radius 1 is 1.39 bits per heavy atom. The first-order valence-electron chi connectivity index (χ1n) is 11.1. The van der Waals surface area contributed by atoms with Gasteiger partial charge in [-0.15, -0.1) is 0 Å². The summed E-state index contributed by atoms with van der Waals surface area (Å²) < 4.78 is 16.9. The zero-order valence-electron chi connectivity index (χ0n) is 18.0. The maximum absolute atomic E-state index is 12.8. The summed E-state index contributed by atoms with van der Waals surface area (Å²) in [4.78, 5) is 15.0. The summed E-state index contributed by atoms with van der Waals surface area (Å²) in [7, 11) is 0. The van der Waals surface area contributed by atoms with Gasteiger partial charge in [-0.2, -0.15) is 0 Å². The number of ether oxygens (including phenoxy) is 3. The molecule has 31 heavy (non-hydrogen) atoms. The van der Waals surface area contributed by atoms with Crippen molar-refractivity contribution in [1.29, 1.82) is 0 Å². The maximum atomic E-state index is 12.8. The van der Waals surface area contributed by atoms with Crippen LogP contribution >= 0.6 is 11.6 Å². The Kier molecular flexibility index (Phi) is 6.93. The lowest BCUT2D eigenvalue weighted by atomic mass is 9.93. The predicted octanol–water partition coefficient (Wildman–Crippen LogP) is 1.81. The molecule has 4 N–H and O–H groups in total. The highest BCUT2D eigenvalue weighted by molar-refractivity contribution is 6.33. The number of β-amino-alcohol motifs (C(OH)–C–C–N with tert-alkyl or cyclic N) is 1. The smallest absolute Gasteiger partial charge is 0.255 e. The lowest BCUT2D eigenvalue weighted by Crippen LogP contribution is -2.48. The number of nitrogen functional groups attached to an aromatic ring is 1. The van der Waals surface area contributed by atoms with Gasteiger partial charge in [-0.25, -0.2) is 0 Å². The number of carbonyl (C=O) groups excluding carboxylic acids is 1. The number of aliphatic hydroxyl groups excluding tert-OH is 1. The molecule has 172 valence electrons. The number of nitrogens with two attached hydrogens (primary N) is 1. The van der Waals surface area contributed by atoms with Crippen LogP contribution in [0, 0.1) is 5.92 Å². The number of rotatable bonds is 7. The van der Waals surface area contributed by atoms with Gasteiger partial charge in [0.1, 0.15) is 5.75 Å². The molecule has 8 nitrogen and oxygen atoms in total. The second-order valence-electron chi connectivity index (χ2n) is 8.79. The lowest BCUT2D eigenvalue weighted by Gasteiger charge is -2.36. The molecule has 4 rings (SSSR count). The van der Waals surface area contributed by atoms with Crippen molar-refractivity contribution in [1.82, 2.24) is 10.2 Å². The van der Waals surface area contributed by atoms with Gasteiger partial charge in [-0.05, 0) is 38.9 Å². The SMILES string of the molecule is CC1(CCCN2CCC(CNC(=O)c3cc(Cl)c(N)c4c3OCC4)C(O)C2)OCCO1. The molecule has 0 saturated carbocycles. The summed E-state index contributed by atoms with van der Waals surface area (Å²) >= 11 is 6.20. The van der Waals surface area contributed by atoms with Crippen LogP contribution in [0.1, 0.15) is 42.1 Å². The van der Waals surface area contributed by atoms with Crippen LogP contribution < -0.4 is 15.8 Å². The topological polar surface area (TPSA) is 106 Å². The van der Waals surface area contributed by atoms with Crippen LogP contribution in [0.2, 0.25) is 5.02 Å². The first-order valence-corrected chi connectivity index (χ1v) is 11.4. The van der Waals surface area contributed by atoms with Gasteiger partial charge in [0.25, 0.3) is 5.91 Å². The van der Waals surface area contributed by atoms with Gasteiger partial charge in [0, 0.05) is 37.4 Å². The fraction of sp³-hybridized carbons (Fsp3) is 0.682. The van der Waals surface area contributed by atoms with E-state index in [4.69, 9.17) is 31.5 Å². The Balaban J connectivity index is 1.24. The molecule has 0 aromatic heterocycles. The molecule has 2 saturated heterocycles. The average Bonchev–Trinajstić information content (AvgIpc) is 3.40. The number of likely N-dealkylation sites (tertiary alicyclic amines) is 1. The van der Waals surface area contributed by atoms with E-state index in [1.807, 2.05) is 6.92 Å². The number of nitrogens with zero attached hydrogens (tertiary/aromatic N) is 1. The molecule has 0 spiro atoms. The van der Waals surface area contributed by atoms with Crippen LogP contribution in [-0.4, -0.2) is 73.8 Å². The number of aliphatic hydroxyl groups is 1. The molecule has 0 radical (unpaired) electrons. The molecule has 3 aliphatic heterocycles. The van der Waals surface area contributed by atoms with E-state index in [9.17, 15) is 9.90 Å². The zero-order valence-corrected chi connectivity index (χ0v) is 18.7. The number of anilines is 1. The molecule has 2 unspecified atom stereocenters. The van der Waals surface area contributed by atoms with Gasteiger partial charge >= 0.3 is 0 Å². The minimum atomic E-state index is -0.486. The highest BCUT2D eigenvalue weighted by Crippen LogP contribution is 2.38. The number of fused-ring (bicyclic) bond motifs is 1. The molecular formula is C22H32ClN3O5. The molecule has 1 aromatic rings. The summed E-state index contributed by atoms with van der Waals surface area (Å²) in [6, 6.07) is 1.56. The van der Waals surface area contributed by atoms with Crippen molar-refractivity contribution >= 4 is 23.2 Å². The Hall–Kier alpha value is -1.58. The number of nitrogens with one attached hydrogen (secondary N) is 1. The largest absolute Gasteiger partial charge is 0.492 e. The third kappa shape index (κ3) is 5.09. The van der Waals surface area contributed by atoms with Gasteiger partial charge in [0.15, 0.2) is 5.79 Å². The second kappa shape index (κ2) is 9.50. The fourth-order valence-electron chi connectivity index (χ4n) is 4.67. The van der Waals surface area contributed by atoms with Crippen LogP contribution in [0.4, 0.5) is 5.69 Å². The van der Waals surface area contributed by atoms with Gasteiger partial charge in [0.2, 0.25) is 0 Å². The molecular weight excluding hydrogens is 422 g/mol. The number of piperidine rings is 1. The van der Waals surface area contributed by atoms with Crippen molar-refractivity contribution in [2.24, 2.45) is 5.92 Å². The maximum Gasteiger partial charge on any atom is 0.255 e. The van der Waals surface area contributed by atoms with E-state index in [0.29, 0.717) is 61.4 Å². The van der Waals surface area contributed by atoms with E-state index in [1.54, 1.807) is 6.07 Å².